The highest BCUT2D eigenvalue weighted by Gasteiger charge is 2.29. The van der Waals surface area contributed by atoms with Gasteiger partial charge in [0.15, 0.2) is 0 Å². The Morgan fingerprint density at radius 3 is 2.81 bits per heavy atom. The number of rotatable bonds is 9. The summed E-state index contributed by atoms with van der Waals surface area (Å²) in [5.74, 6) is -0.112. The predicted molar refractivity (Wildman–Crippen MR) is 103 cm³/mol. The number of aromatic nitrogens is 2. The highest BCUT2D eigenvalue weighted by molar-refractivity contribution is 5.81. The van der Waals surface area contributed by atoms with Crippen molar-refractivity contribution >= 4 is 5.91 Å². The Hall–Kier alpha value is -2.18. The van der Waals surface area contributed by atoms with Crippen molar-refractivity contribution in [1.82, 2.24) is 19.8 Å². The fraction of sp³-hybridized carbons (Fsp3) is 0.500. The highest BCUT2D eigenvalue weighted by Crippen LogP contribution is 2.26. The first-order valence-electron chi connectivity index (χ1n) is 9.32. The van der Waals surface area contributed by atoms with Gasteiger partial charge in [-0.1, -0.05) is 30.3 Å². The number of amides is 1. The van der Waals surface area contributed by atoms with Crippen LogP contribution >= 0.6 is 0 Å². The van der Waals surface area contributed by atoms with Gasteiger partial charge in [-0.3, -0.25) is 9.69 Å². The van der Waals surface area contributed by atoms with E-state index in [1.165, 1.54) is 18.4 Å². The van der Waals surface area contributed by atoms with Crippen LogP contribution in [0.3, 0.4) is 0 Å². The van der Waals surface area contributed by atoms with Crippen molar-refractivity contribution in [3.63, 3.8) is 0 Å². The van der Waals surface area contributed by atoms with Crippen molar-refractivity contribution in [2.45, 2.75) is 50.9 Å². The molecule has 1 aliphatic rings. The summed E-state index contributed by atoms with van der Waals surface area (Å²) in [6.07, 6.45) is 6.73. The summed E-state index contributed by atoms with van der Waals surface area (Å²) in [4.78, 5) is 19.0. The van der Waals surface area contributed by atoms with Crippen molar-refractivity contribution in [2.75, 3.05) is 13.6 Å². The zero-order chi connectivity index (χ0) is 18.5. The van der Waals surface area contributed by atoms with Crippen LogP contribution < -0.4 is 11.1 Å². The van der Waals surface area contributed by atoms with E-state index in [1.54, 1.807) is 6.33 Å². The molecule has 1 heterocycles. The molecular formula is C20H29N5O. The van der Waals surface area contributed by atoms with Crippen LogP contribution in [0.15, 0.2) is 42.9 Å². The molecule has 1 aromatic carbocycles. The number of likely N-dealkylation sites (N-methyl/N-ethyl adjacent to an activating group) is 1. The molecule has 26 heavy (non-hydrogen) atoms. The van der Waals surface area contributed by atoms with Gasteiger partial charge in [0.2, 0.25) is 5.91 Å². The Bertz CT molecular complexity index is 710. The molecule has 1 saturated carbocycles. The molecule has 0 saturated heterocycles. The van der Waals surface area contributed by atoms with Gasteiger partial charge in [0, 0.05) is 37.8 Å². The average Bonchev–Trinajstić information content (AvgIpc) is 3.41. The maximum Gasteiger partial charge on any atom is 0.237 e. The van der Waals surface area contributed by atoms with Crippen LogP contribution in [0.2, 0.25) is 0 Å². The zero-order valence-electron chi connectivity index (χ0n) is 15.6. The molecule has 140 valence electrons. The monoisotopic (exact) mass is 355 g/mol. The van der Waals surface area contributed by atoms with Gasteiger partial charge in [-0.25, -0.2) is 4.98 Å². The summed E-state index contributed by atoms with van der Waals surface area (Å²) < 4.78 is 2.02. The molecule has 1 fully saturated rings. The number of nitrogens with two attached hydrogens (primary N) is 1. The summed E-state index contributed by atoms with van der Waals surface area (Å²) in [5, 5.41) is 2.97. The Labute approximate surface area is 155 Å². The molecule has 0 bridgehead atoms. The summed E-state index contributed by atoms with van der Waals surface area (Å²) in [6, 6.07) is 10.6. The van der Waals surface area contributed by atoms with Gasteiger partial charge in [-0.05, 0) is 32.4 Å². The van der Waals surface area contributed by atoms with Crippen LogP contribution in [0.25, 0.3) is 0 Å². The van der Waals surface area contributed by atoms with E-state index in [2.05, 4.69) is 41.3 Å². The van der Waals surface area contributed by atoms with E-state index >= 15 is 0 Å². The van der Waals surface area contributed by atoms with E-state index in [0.717, 1.165) is 12.2 Å². The van der Waals surface area contributed by atoms with Gasteiger partial charge < -0.3 is 15.6 Å². The van der Waals surface area contributed by atoms with Crippen LogP contribution in [-0.2, 0) is 17.8 Å². The molecule has 0 radical (unpaired) electrons. The maximum atomic E-state index is 12.3. The molecule has 3 N–H and O–H groups in total. The Morgan fingerprint density at radius 1 is 1.38 bits per heavy atom. The minimum atomic E-state index is -0.575. The lowest BCUT2D eigenvalue weighted by Gasteiger charge is -2.25. The van der Waals surface area contributed by atoms with Crippen LogP contribution in [0.4, 0.5) is 0 Å². The first-order valence-corrected chi connectivity index (χ1v) is 9.32. The number of carbonyl (C=O) groups excluding carboxylic acids is 1. The van der Waals surface area contributed by atoms with E-state index < -0.39 is 6.04 Å². The van der Waals surface area contributed by atoms with Crippen molar-refractivity contribution in [3.8, 4) is 0 Å². The van der Waals surface area contributed by atoms with Crippen molar-refractivity contribution in [2.24, 2.45) is 5.73 Å². The quantitative estimate of drug-likeness (QED) is 0.713. The molecule has 2 atom stereocenters. The number of carbonyl (C=O) groups is 1. The summed E-state index contributed by atoms with van der Waals surface area (Å²) in [7, 11) is 2.12. The van der Waals surface area contributed by atoms with Crippen LogP contribution in [0.1, 0.15) is 31.0 Å². The number of imidazole rings is 1. The molecule has 1 amide bonds. The third-order valence-corrected chi connectivity index (χ3v) is 5.05. The normalized spacial score (nSPS) is 16.5. The van der Waals surface area contributed by atoms with Gasteiger partial charge in [0.1, 0.15) is 0 Å². The summed E-state index contributed by atoms with van der Waals surface area (Å²) in [5.41, 5.74) is 8.13. The molecule has 0 spiro atoms. The minimum absolute atomic E-state index is 0.112. The van der Waals surface area contributed by atoms with Gasteiger partial charge in [-0.15, -0.1) is 0 Å². The molecule has 6 heteroatoms. The second-order valence-corrected chi connectivity index (χ2v) is 7.32. The van der Waals surface area contributed by atoms with E-state index in [0.29, 0.717) is 25.0 Å². The number of nitrogens with one attached hydrogen (secondary N) is 1. The lowest BCUT2D eigenvalue weighted by Crippen LogP contribution is -2.47. The molecule has 3 rings (SSSR count). The lowest BCUT2D eigenvalue weighted by atomic mass is 10.1. The SMILES string of the molecule is CC(CNC(=O)[C@@H](N)Cc1cn(Cc2ccccc2)cn1)N(C)C1CC1. The first-order chi connectivity index (χ1) is 12.5. The van der Waals surface area contributed by atoms with Crippen LogP contribution in [0, 0.1) is 0 Å². The van der Waals surface area contributed by atoms with E-state index in [1.807, 2.05) is 29.0 Å². The Balaban J connectivity index is 1.45. The van der Waals surface area contributed by atoms with Gasteiger partial charge >= 0.3 is 0 Å². The van der Waals surface area contributed by atoms with Crippen molar-refractivity contribution in [3.05, 3.63) is 54.1 Å². The fourth-order valence-corrected chi connectivity index (χ4v) is 3.08. The van der Waals surface area contributed by atoms with E-state index in [4.69, 9.17) is 5.73 Å². The van der Waals surface area contributed by atoms with E-state index in [9.17, 15) is 4.79 Å². The summed E-state index contributed by atoms with van der Waals surface area (Å²) >= 11 is 0. The maximum absolute atomic E-state index is 12.3. The summed E-state index contributed by atoms with van der Waals surface area (Å²) in [6.45, 7) is 3.53. The number of nitrogens with zero attached hydrogens (tertiary/aromatic N) is 3. The van der Waals surface area contributed by atoms with Crippen molar-refractivity contribution < 1.29 is 4.79 Å². The molecular weight excluding hydrogens is 326 g/mol. The molecule has 1 aliphatic carbocycles. The number of hydrogen-bond donors (Lipinski definition) is 2. The smallest absolute Gasteiger partial charge is 0.237 e. The number of hydrogen-bond acceptors (Lipinski definition) is 4. The second kappa shape index (κ2) is 8.47. The zero-order valence-corrected chi connectivity index (χ0v) is 15.6. The first kappa shape index (κ1) is 18.6. The van der Waals surface area contributed by atoms with Crippen LogP contribution in [0.5, 0.6) is 0 Å². The Kier molecular flexibility index (Phi) is 6.06. The molecule has 2 aromatic rings. The standard InChI is InChI=1S/C20H29N5O/c1-15(24(2)18-8-9-18)11-22-20(26)19(21)10-17-13-25(14-23-17)12-16-6-4-3-5-7-16/h3-7,13-15,18-19H,8-12,21H2,1-2H3,(H,22,26)/t15?,19-/m0/s1. The highest BCUT2D eigenvalue weighted by atomic mass is 16.2. The molecule has 1 aromatic heterocycles. The van der Waals surface area contributed by atoms with E-state index in [-0.39, 0.29) is 5.91 Å². The molecule has 1 unspecified atom stereocenters. The molecule has 6 nitrogen and oxygen atoms in total. The largest absolute Gasteiger partial charge is 0.353 e. The lowest BCUT2D eigenvalue weighted by molar-refractivity contribution is -0.122. The minimum Gasteiger partial charge on any atom is -0.353 e. The third kappa shape index (κ3) is 5.16. The second-order valence-electron chi connectivity index (χ2n) is 7.32. The average molecular weight is 355 g/mol. The Morgan fingerprint density at radius 2 is 2.12 bits per heavy atom. The van der Waals surface area contributed by atoms with Gasteiger partial charge in [-0.2, -0.15) is 0 Å². The van der Waals surface area contributed by atoms with Gasteiger partial charge in [0.05, 0.1) is 18.1 Å². The molecule has 0 aliphatic heterocycles. The van der Waals surface area contributed by atoms with Gasteiger partial charge in [0.25, 0.3) is 0 Å². The third-order valence-electron chi connectivity index (χ3n) is 5.05. The van der Waals surface area contributed by atoms with Crippen molar-refractivity contribution in [1.29, 1.82) is 0 Å². The topological polar surface area (TPSA) is 76.2 Å². The predicted octanol–water partition coefficient (Wildman–Crippen LogP) is 1.40. The fourth-order valence-electron chi connectivity index (χ4n) is 3.08. The number of benzene rings is 1. The van der Waals surface area contributed by atoms with Crippen LogP contribution in [-0.4, -0.2) is 52.1 Å².